The maximum absolute atomic E-state index is 8.78. The molecule has 0 radical (unpaired) electrons. The van der Waals surface area contributed by atoms with Crippen molar-refractivity contribution in [2.45, 2.75) is 13.8 Å². The van der Waals surface area contributed by atoms with Gasteiger partial charge in [0.15, 0.2) is 0 Å². The van der Waals surface area contributed by atoms with Crippen molar-refractivity contribution in [2.24, 2.45) is 11.3 Å². The van der Waals surface area contributed by atoms with Crippen molar-refractivity contribution >= 4 is 0 Å². The Kier molecular flexibility index (Phi) is 1.78. The lowest BCUT2D eigenvalue weighted by atomic mass is 9.77. The Labute approximate surface area is 55.8 Å². The molecule has 1 rings (SSSR count). The number of hydrogen-bond donors (Lipinski definition) is 1. The van der Waals surface area contributed by atoms with E-state index in [1.54, 1.807) is 0 Å². The average Bonchev–Trinajstić information content (AvgIpc) is 1.81. The van der Waals surface area contributed by atoms with Crippen molar-refractivity contribution in [3.63, 3.8) is 0 Å². The van der Waals surface area contributed by atoms with E-state index in [4.69, 9.17) is 9.84 Å². The first-order valence-electron chi connectivity index (χ1n) is 3.37. The molecule has 1 fully saturated rings. The van der Waals surface area contributed by atoms with Crippen LogP contribution in [0, 0.1) is 11.3 Å². The fourth-order valence-electron chi connectivity index (χ4n) is 0.929. The number of rotatable bonds is 2. The van der Waals surface area contributed by atoms with Gasteiger partial charge in [0.25, 0.3) is 0 Å². The summed E-state index contributed by atoms with van der Waals surface area (Å²) >= 11 is 0. The van der Waals surface area contributed by atoms with Crippen molar-refractivity contribution < 1.29 is 9.84 Å². The van der Waals surface area contributed by atoms with Crippen LogP contribution in [0.4, 0.5) is 0 Å². The molecule has 1 N–H and O–H groups in total. The first-order chi connectivity index (χ1) is 4.19. The third-order valence-corrected chi connectivity index (χ3v) is 2.33. The minimum absolute atomic E-state index is 0.259. The minimum Gasteiger partial charge on any atom is -0.396 e. The summed E-state index contributed by atoms with van der Waals surface area (Å²) in [5.41, 5.74) is 0.259. The van der Waals surface area contributed by atoms with E-state index in [2.05, 4.69) is 13.8 Å². The Balaban J connectivity index is 2.38. The van der Waals surface area contributed by atoms with Crippen LogP contribution in [-0.4, -0.2) is 24.9 Å². The highest BCUT2D eigenvalue weighted by molar-refractivity contribution is 4.85. The fraction of sp³-hybridized carbons (Fsp3) is 1.00. The van der Waals surface area contributed by atoms with E-state index in [0.29, 0.717) is 5.92 Å². The Morgan fingerprint density at radius 2 is 2.22 bits per heavy atom. The summed E-state index contributed by atoms with van der Waals surface area (Å²) in [6, 6.07) is 0. The molecule has 0 aromatic rings. The van der Waals surface area contributed by atoms with Gasteiger partial charge in [-0.2, -0.15) is 0 Å². The van der Waals surface area contributed by atoms with Gasteiger partial charge in [-0.15, -0.1) is 0 Å². The summed E-state index contributed by atoms with van der Waals surface area (Å²) in [6.45, 7) is 6.11. The van der Waals surface area contributed by atoms with Gasteiger partial charge in [0.2, 0.25) is 0 Å². The van der Waals surface area contributed by atoms with Crippen LogP contribution in [0.1, 0.15) is 13.8 Å². The van der Waals surface area contributed by atoms with E-state index in [1.165, 1.54) is 0 Å². The number of ether oxygens (including phenoxy) is 1. The second-order valence-electron chi connectivity index (χ2n) is 3.23. The van der Waals surface area contributed by atoms with E-state index in [1.807, 2.05) is 0 Å². The van der Waals surface area contributed by atoms with Crippen molar-refractivity contribution in [1.29, 1.82) is 0 Å². The summed E-state index contributed by atoms with van der Waals surface area (Å²) < 4.78 is 5.05. The topological polar surface area (TPSA) is 29.5 Å². The summed E-state index contributed by atoms with van der Waals surface area (Å²) in [7, 11) is 0. The zero-order valence-corrected chi connectivity index (χ0v) is 6.05. The van der Waals surface area contributed by atoms with Crippen LogP contribution in [0.25, 0.3) is 0 Å². The molecule has 1 heterocycles. The largest absolute Gasteiger partial charge is 0.396 e. The third kappa shape index (κ3) is 1.10. The Hall–Kier alpha value is -0.0800. The van der Waals surface area contributed by atoms with Crippen LogP contribution in [0.5, 0.6) is 0 Å². The minimum atomic E-state index is 0.259. The molecule has 2 nitrogen and oxygen atoms in total. The summed E-state index contributed by atoms with van der Waals surface area (Å²) in [5.74, 6) is 0.381. The number of aliphatic hydroxyl groups is 1. The molecular weight excluding hydrogens is 116 g/mol. The number of aliphatic hydroxyl groups excluding tert-OH is 1. The highest BCUT2D eigenvalue weighted by Gasteiger charge is 2.38. The zero-order chi connectivity index (χ0) is 6.91. The van der Waals surface area contributed by atoms with Crippen LogP contribution >= 0.6 is 0 Å². The Morgan fingerprint density at radius 3 is 2.33 bits per heavy atom. The zero-order valence-electron chi connectivity index (χ0n) is 6.05. The van der Waals surface area contributed by atoms with Gasteiger partial charge in [0.1, 0.15) is 0 Å². The fourth-order valence-corrected chi connectivity index (χ4v) is 0.929. The van der Waals surface area contributed by atoms with Crippen LogP contribution in [-0.2, 0) is 4.74 Å². The van der Waals surface area contributed by atoms with E-state index in [9.17, 15) is 0 Å². The molecule has 0 bridgehead atoms. The lowest BCUT2D eigenvalue weighted by molar-refractivity contribution is -0.138. The molecule has 2 heteroatoms. The third-order valence-electron chi connectivity index (χ3n) is 2.33. The van der Waals surface area contributed by atoms with Crippen molar-refractivity contribution in [3.8, 4) is 0 Å². The standard InChI is InChI=1S/C7H14O2/c1-6(3-8)7(2)4-9-5-7/h6,8H,3-5H2,1-2H3. The molecule has 0 spiro atoms. The molecule has 1 aliphatic rings. The number of hydrogen-bond acceptors (Lipinski definition) is 2. The molecule has 9 heavy (non-hydrogen) atoms. The van der Waals surface area contributed by atoms with Gasteiger partial charge in [-0.1, -0.05) is 13.8 Å². The molecular formula is C7H14O2. The second kappa shape index (κ2) is 2.27. The quantitative estimate of drug-likeness (QED) is 0.594. The van der Waals surface area contributed by atoms with E-state index < -0.39 is 0 Å². The predicted molar refractivity (Wildman–Crippen MR) is 35.2 cm³/mol. The molecule has 54 valence electrons. The molecule has 1 saturated heterocycles. The predicted octanol–water partition coefficient (Wildman–Crippen LogP) is 0.651. The highest BCUT2D eigenvalue weighted by atomic mass is 16.5. The van der Waals surface area contributed by atoms with Gasteiger partial charge in [0.05, 0.1) is 13.2 Å². The van der Waals surface area contributed by atoms with Crippen molar-refractivity contribution in [2.75, 3.05) is 19.8 Å². The first-order valence-corrected chi connectivity index (χ1v) is 3.37. The molecule has 0 aromatic heterocycles. The van der Waals surface area contributed by atoms with Gasteiger partial charge in [0, 0.05) is 12.0 Å². The van der Waals surface area contributed by atoms with Gasteiger partial charge < -0.3 is 9.84 Å². The second-order valence-corrected chi connectivity index (χ2v) is 3.23. The smallest absolute Gasteiger partial charge is 0.0545 e. The highest BCUT2D eigenvalue weighted by Crippen LogP contribution is 2.34. The lowest BCUT2D eigenvalue weighted by Crippen LogP contribution is -2.46. The maximum Gasteiger partial charge on any atom is 0.0545 e. The van der Waals surface area contributed by atoms with Crippen molar-refractivity contribution in [3.05, 3.63) is 0 Å². The van der Waals surface area contributed by atoms with E-state index in [0.717, 1.165) is 13.2 Å². The summed E-state index contributed by atoms with van der Waals surface area (Å²) in [5, 5.41) is 8.78. The molecule has 0 amide bonds. The summed E-state index contributed by atoms with van der Waals surface area (Å²) in [4.78, 5) is 0. The molecule has 1 unspecified atom stereocenters. The maximum atomic E-state index is 8.78. The molecule has 0 aliphatic carbocycles. The molecule has 1 atom stereocenters. The van der Waals surface area contributed by atoms with E-state index in [-0.39, 0.29) is 12.0 Å². The van der Waals surface area contributed by atoms with Gasteiger partial charge in [-0.25, -0.2) is 0 Å². The van der Waals surface area contributed by atoms with Crippen LogP contribution in [0.2, 0.25) is 0 Å². The lowest BCUT2D eigenvalue weighted by Gasteiger charge is -2.42. The molecule has 1 aliphatic heterocycles. The summed E-state index contributed by atoms with van der Waals surface area (Å²) in [6.07, 6.45) is 0. The molecule has 0 saturated carbocycles. The van der Waals surface area contributed by atoms with Gasteiger partial charge in [-0.3, -0.25) is 0 Å². The van der Waals surface area contributed by atoms with E-state index >= 15 is 0 Å². The first kappa shape index (κ1) is 7.03. The monoisotopic (exact) mass is 130 g/mol. The molecule has 0 aromatic carbocycles. The van der Waals surface area contributed by atoms with Gasteiger partial charge >= 0.3 is 0 Å². The normalized spacial score (nSPS) is 27.0. The van der Waals surface area contributed by atoms with Crippen molar-refractivity contribution in [1.82, 2.24) is 0 Å². The van der Waals surface area contributed by atoms with Crippen LogP contribution in [0.15, 0.2) is 0 Å². The van der Waals surface area contributed by atoms with Crippen LogP contribution in [0.3, 0.4) is 0 Å². The van der Waals surface area contributed by atoms with Crippen LogP contribution < -0.4 is 0 Å². The SMILES string of the molecule is CC(CO)C1(C)COC1. The Bertz CT molecular complexity index is 97.1. The average molecular weight is 130 g/mol. The Morgan fingerprint density at radius 1 is 1.67 bits per heavy atom. The van der Waals surface area contributed by atoms with Gasteiger partial charge in [-0.05, 0) is 5.92 Å².